The summed E-state index contributed by atoms with van der Waals surface area (Å²) in [6, 6.07) is 10.4. The molecular weight excluding hydrogens is 228 g/mol. The Morgan fingerprint density at radius 1 is 1.28 bits per heavy atom. The molecule has 0 spiro atoms. The number of nitrogens with zero attached hydrogens (tertiary/aromatic N) is 1. The van der Waals surface area contributed by atoms with Crippen LogP contribution in [0.25, 0.3) is 0 Å². The maximum Gasteiger partial charge on any atom is 0.307 e. The molecular formula is C14H23N2O2+. The first-order chi connectivity index (χ1) is 8.53. The Morgan fingerprint density at radius 3 is 2.56 bits per heavy atom. The summed E-state index contributed by atoms with van der Waals surface area (Å²) in [6.45, 7) is 1.61. The number of likely N-dealkylation sites (N-methyl/N-ethyl adjacent to an activating group) is 1. The van der Waals surface area contributed by atoms with Gasteiger partial charge < -0.3 is 4.74 Å². The average Bonchev–Trinajstić information content (AvgIpc) is 2.37. The van der Waals surface area contributed by atoms with Crippen molar-refractivity contribution in [1.29, 1.82) is 0 Å². The third kappa shape index (κ3) is 5.80. The first kappa shape index (κ1) is 14.7. The fourth-order valence-corrected chi connectivity index (χ4v) is 1.70. The van der Waals surface area contributed by atoms with Gasteiger partial charge in [0, 0.05) is 6.42 Å². The fourth-order valence-electron chi connectivity index (χ4n) is 1.70. The van der Waals surface area contributed by atoms with E-state index in [0.717, 1.165) is 13.0 Å². The van der Waals surface area contributed by atoms with Crippen LogP contribution in [0.3, 0.4) is 0 Å². The average molecular weight is 251 g/mol. The van der Waals surface area contributed by atoms with Crippen molar-refractivity contribution in [2.24, 2.45) is 0 Å². The predicted octanol–water partition coefficient (Wildman–Crippen LogP) is 1.37. The molecule has 18 heavy (non-hydrogen) atoms. The van der Waals surface area contributed by atoms with E-state index in [1.165, 1.54) is 12.7 Å². The van der Waals surface area contributed by atoms with Crippen LogP contribution in [-0.2, 0) is 16.0 Å². The molecule has 0 aliphatic carbocycles. The Balaban J connectivity index is 2.29. The van der Waals surface area contributed by atoms with Gasteiger partial charge in [-0.2, -0.15) is 5.43 Å². The monoisotopic (exact) mass is 251 g/mol. The molecule has 1 N–H and O–H groups in total. The van der Waals surface area contributed by atoms with Crippen LogP contribution in [-0.4, -0.2) is 44.9 Å². The van der Waals surface area contributed by atoms with Crippen LogP contribution in [0.4, 0.5) is 0 Å². The lowest BCUT2D eigenvalue weighted by Crippen LogP contribution is -2.53. The number of hydrogen-bond donors (Lipinski definition) is 1. The molecule has 4 nitrogen and oxygen atoms in total. The Kier molecular flexibility index (Phi) is 5.82. The number of nitrogens with one attached hydrogen (secondary N) is 1. The van der Waals surface area contributed by atoms with Gasteiger partial charge in [0.2, 0.25) is 0 Å². The topological polar surface area (TPSA) is 38.3 Å². The second-order valence-corrected chi connectivity index (χ2v) is 4.88. The molecule has 0 amide bonds. The highest BCUT2D eigenvalue weighted by Crippen LogP contribution is 2.02. The van der Waals surface area contributed by atoms with Gasteiger partial charge in [-0.05, 0) is 5.56 Å². The second-order valence-electron chi connectivity index (χ2n) is 4.88. The summed E-state index contributed by atoms with van der Waals surface area (Å²) in [7, 11) is 5.61. The second kappa shape index (κ2) is 7.13. The lowest BCUT2D eigenvalue weighted by Gasteiger charge is -2.29. The quantitative estimate of drug-likeness (QED) is 0.452. The van der Waals surface area contributed by atoms with Crippen LogP contribution in [0.15, 0.2) is 30.3 Å². The molecule has 0 aromatic heterocycles. The minimum Gasteiger partial charge on any atom is -0.469 e. The number of quaternary nitrogens is 1. The molecule has 100 valence electrons. The van der Waals surface area contributed by atoms with Gasteiger partial charge in [-0.3, -0.25) is 9.39 Å². The molecule has 0 heterocycles. The Labute approximate surface area is 109 Å². The summed E-state index contributed by atoms with van der Waals surface area (Å²) in [5.41, 5.74) is 4.66. The van der Waals surface area contributed by atoms with Crippen molar-refractivity contribution < 1.29 is 14.1 Å². The number of carbonyl (C=O) groups excluding carboxylic acids is 1. The van der Waals surface area contributed by atoms with E-state index in [1.54, 1.807) is 0 Å². The molecule has 0 bridgehead atoms. The third-order valence-corrected chi connectivity index (χ3v) is 2.90. The Morgan fingerprint density at radius 2 is 1.94 bits per heavy atom. The van der Waals surface area contributed by atoms with Gasteiger partial charge in [0.15, 0.2) is 0 Å². The Bertz CT molecular complexity index is 363. The normalized spacial score (nSPS) is 11.3. The summed E-state index contributed by atoms with van der Waals surface area (Å²) in [4.78, 5) is 11.0. The summed E-state index contributed by atoms with van der Waals surface area (Å²) < 4.78 is 5.29. The van der Waals surface area contributed by atoms with Gasteiger partial charge in [-0.25, -0.2) is 0 Å². The fraction of sp³-hybridized carbons (Fsp3) is 0.500. The molecule has 0 aliphatic rings. The van der Waals surface area contributed by atoms with Crippen molar-refractivity contribution in [2.75, 3.05) is 34.3 Å². The number of rotatable bonds is 7. The van der Waals surface area contributed by atoms with E-state index in [9.17, 15) is 4.79 Å². The highest BCUT2D eigenvalue weighted by atomic mass is 16.5. The first-order valence-electron chi connectivity index (χ1n) is 6.22. The van der Waals surface area contributed by atoms with Gasteiger partial charge in [0.25, 0.3) is 0 Å². The number of esters is 1. The summed E-state index contributed by atoms with van der Waals surface area (Å²) in [5, 5.41) is 0. The number of hydrogen-bond acceptors (Lipinski definition) is 3. The van der Waals surface area contributed by atoms with Gasteiger partial charge >= 0.3 is 5.97 Å². The zero-order valence-corrected chi connectivity index (χ0v) is 11.5. The van der Waals surface area contributed by atoms with Crippen molar-refractivity contribution in [1.82, 2.24) is 5.43 Å². The highest BCUT2D eigenvalue weighted by Gasteiger charge is 2.15. The summed E-state index contributed by atoms with van der Waals surface area (Å²) in [5.74, 6) is -0.175. The smallest absolute Gasteiger partial charge is 0.307 e. The minimum absolute atomic E-state index is 0.175. The standard InChI is InChI=1S/C14H23N2O2/c1-16(2,15-11-9-14(17)18-3)12-10-13-7-5-4-6-8-13/h4-8,15H,9-12H2,1-3H3/q+1. The highest BCUT2D eigenvalue weighted by molar-refractivity contribution is 5.69. The van der Waals surface area contributed by atoms with Crippen molar-refractivity contribution >= 4 is 5.97 Å². The third-order valence-electron chi connectivity index (χ3n) is 2.90. The maximum atomic E-state index is 11.0. The van der Waals surface area contributed by atoms with E-state index in [0.29, 0.717) is 17.6 Å². The predicted molar refractivity (Wildman–Crippen MR) is 71.8 cm³/mol. The molecule has 0 saturated heterocycles. The van der Waals surface area contributed by atoms with Crippen LogP contribution in [0.5, 0.6) is 0 Å². The molecule has 0 aliphatic heterocycles. The molecule has 0 saturated carbocycles. The van der Waals surface area contributed by atoms with Gasteiger partial charge in [-0.1, -0.05) is 30.3 Å². The molecule has 0 fully saturated rings. The number of methoxy groups -OCH3 is 1. The van der Waals surface area contributed by atoms with Crippen molar-refractivity contribution in [3.8, 4) is 0 Å². The Hall–Kier alpha value is -1.39. The maximum absolute atomic E-state index is 11.0. The zero-order chi connectivity index (χ0) is 13.4. The van der Waals surface area contributed by atoms with Crippen LogP contribution in [0.2, 0.25) is 0 Å². The van der Waals surface area contributed by atoms with Crippen LogP contribution >= 0.6 is 0 Å². The zero-order valence-electron chi connectivity index (χ0n) is 11.5. The molecule has 0 unspecified atom stereocenters. The van der Waals surface area contributed by atoms with E-state index < -0.39 is 0 Å². The summed E-state index contributed by atoms with van der Waals surface area (Å²) in [6.07, 6.45) is 1.42. The lowest BCUT2D eigenvalue weighted by atomic mass is 10.1. The van der Waals surface area contributed by atoms with Gasteiger partial charge in [-0.15, -0.1) is 0 Å². The SMILES string of the molecule is COC(=O)CCN[N+](C)(C)CCc1ccccc1. The van der Waals surface area contributed by atoms with Crippen molar-refractivity contribution in [3.05, 3.63) is 35.9 Å². The van der Waals surface area contributed by atoms with Gasteiger partial charge in [0.05, 0.1) is 40.7 Å². The van der Waals surface area contributed by atoms with Crippen LogP contribution in [0.1, 0.15) is 12.0 Å². The largest absolute Gasteiger partial charge is 0.469 e. The molecule has 0 atom stereocenters. The van der Waals surface area contributed by atoms with E-state index in [1.807, 2.05) is 6.07 Å². The lowest BCUT2D eigenvalue weighted by molar-refractivity contribution is -0.933. The minimum atomic E-state index is -0.175. The van der Waals surface area contributed by atoms with E-state index >= 15 is 0 Å². The van der Waals surface area contributed by atoms with E-state index in [-0.39, 0.29) is 5.97 Å². The number of carbonyl (C=O) groups is 1. The molecule has 4 heteroatoms. The number of benzene rings is 1. The number of ether oxygens (including phenoxy) is 1. The summed E-state index contributed by atoms with van der Waals surface area (Å²) >= 11 is 0. The molecule has 0 radical (unpaired) electrons. The molecule has 1 aromatic rings. The first-order valence-corrected chi connectivity index (χ1v) is 6.22. The van der Waals surface area contributed by atoms with E-state index in [2.05, 4.69) is 48.5 Å². The van der Waals surface area contributed by atoms with Crippen molar-refractivity contribution in [3.63, 3.8) is 0 Å². The van der Waals surface area contributed by atoms with Crippen LogP contribution < -0.4 is 5.43 Å². The van der Waals surface area contributed by atoms with Crippen LogP contribution in [0, 0.1) is 0 Å². The molecule has 1 aromatic carbocycles. The van der Waals surface area contributed by atoms with Crippen molar-refractivity contribution in [2.45, 2.75) is 12.8 Å². The molecule has 1 rings (SSSR count). The van der Waals surface area contributed by atoms with Gasteiger partial charge in [0.1, 0.15) is 0 Å². The van der Waals surface area contributed by atoms with E-state index in [4.69, 9.17) is 0 Å².